The second kappa shape index (κ2) is 9.05. The molecule has 0 heterocycles. The largest absolute Gasteiger partial charge is 0.417 e. The molecule has 0 saturated carbocycles. The van der Waals surface area contributed by atoms with Crippen molar-refractivity contribution in [2.45, 2.75) is 82.9 Å². The molecule has 4 nitrogen and oxygen atoms in total. The maximum atomic E-state index is 9.94. The summed E-state index contributed by atoms with van der Waals surface area (Å²) in [5.74, 6) is 0. The minimum Gasteiger partial charge on any atom is -0.417 e. The van der Waals surface area contributed by atoms with Gasteiger partial charge in [0.25, 0.3) is 0 Å². The van der Waals surface area contributed by atoms with Gasteiger partial charge < -0.3 is 19.7 Å². The van der Waals surface area contributed by atoms with E-state index in [-0.39, 0.29) is 17.9 Å². The molecule has 5 heteroatoms. The molecule has 126 valence electrons. The fourth-order valence-electron chi connectivity index (χ4n) is 1.80. The zero-order valence-electron chi connectivity index (χ0n) is 14.3. The molecule has 0 amide bonds. The smallest absolute Gasteiger partial charge is 0.191 e. The summed E-state index contributed by atoms with van der Waals surface area (Å²) in [5, 5.41) is 29.5. The van der Waals surface area contributed by atoms with E-state index in [0.29, 0.717) is 19.4 Å². The van der Waals surface area contributed by atoms with E-state index in [1.54, 1.807) is 6.08 Å². The van der Waals surface area contributed by atoms with Crippen LogP contribution in [0.1, 0.15) is 46.5 Å². The predicted molar refractivity (Wildman–Crippen MR) is 89.8 cm³/mol. The molecule has 0 unspecified atom stereocenters. The van der Waals surface area contributed by atoms with Gasteiger partial charge in [0.15, 0.2) is 8.32 Å². The summed E-state index contributed by atoms with van der Waals surface area (Å²) in [4.78, 5) is 0. The van der Waals surface area contributed by atoms with Gasteiger partial charge in [-0.2, -0.15) is 0 Å². The molecule has 0 saturated heterocycles. The van der Waals surface area contributed by atoms with Crippen molar-refractivity contribution in [2.24, 2.45) is 0 Å². The normalized spacial score (nSPS) is 17.3. The van der Waals surface area contributed by atoms with Crippen LogP contribution in [0.4, 0.5) is 0 Å². The van der Waals surface area contributed by atoms with E-state index >= 15 is 0 Å². The lowest BCUT2D eigenvalue weighted by Crippen LogP contribution is -2.41. The second-order valence-electron chi connectivity index (χ2n) is 7.35. The summed E-state index contributed by atoms with van der Waals surface area (Å²) in [5.41, 5.74) is 0. The van der Waals surface area contributed by atoms with Crippen LogP contribution in [0.25, 0.3) is 0 Å². The van der Waals surface area contributed by atoms with Crippen LogP contribution in [-0.2, 0) is 4.43 Å². The zero-order valence-corrected chi connectivity index (χ0v) is 15.3. The third-order valence-corrected chi connectivity index (χ3v) is 8.79. The van der Waals surface area contributed by atoms with Crippen LogP contribution in [-0.4, -0.2) is 48.6 Å². The van der Waals surface area contributed by atoms with Gasteiger partial charge in [0, 0.05) is 6.61 Å². The van der Waals surface area contributed by atoms with E-state index in [1.807, 2.05) is 0 Å². The molecule has 0 bridgehead atoms. The Kier molecular flexibility index (Phi) is 8.97. The SMILES string of the molecule is C=CC[C@H](O)C[C@H](O)C[C@H](O)CCO[Si](C)(C)C(C)(C)C. The highest BCUT2D eigenvalue weighted by atomic mass is 28.4. The van der Waals surface area contributed by atoms with Crippen LogP contribution in [0.5, 0.6) is 0 Å². The van der Waals surface area contributed by atoms with Gasteiger partial charge in [0.2, 0.25) is 0 Å². The number of hydrogen-bond donors (Lipinski definition) is 3. The Morgan fingerprint density at radius 1 is 1.05 bits per heavy atom. The van der Waals surface area contributed by atoms with Gasteiger partial charge in [-0.1, -0.05) is 26.8 Å². The molecular weight excluding hydrogens is 284 g/mol. The van der Waals surface area contributed by atoms with E-state index in [1.165, 1.54) is 0 Å². The highest BCUT2D eigenvalue weighted by Gasteiger charge is 2.37. The first kappa shape index (κ1) is 20.8. The maximum Gasteiger partial charge on any atom is 0.191 e. The summed E-state index contributed by atoms with van der Waals surface area (Å²) in [7, 11) is -1.77. The topological polar surface area (TPSA) is 69.9 Å². The molecule has 0 rings (SSSR count). The Balaban J connectivity index is 4.00. The quantitative estimate of drug-likeness (QED) is 0.428. The van der Waals surface area contributed by atoms with Gasteiger partial charge in [0.1, 0.15) is 0 Å². The van der Waals surface area contributed by atoms with Crippen molar-refractivity contribution in [2.75, 3.05) is 6.61 Å². The van der Waals surface area contributed by atoms with Crippen molar-refractivity contribution < 1.29 is 19.7 Å². The van der Waals surface area contributed by atoms with Crippen molar-refractivity contribution in [3.63, 3.8) is 0 Å². The third kappa shape index (κ3) is 8.73. The van der Waals surface area contributed by atoms with Gasteiger partial charge in [-0.15, -0.1) is 6.58 Å². The molecule has 0 aromatic rings. The molecule has 0 aromatic heterocycles. The highest BCUT2D eigenvalue weighted by Crippen LogP contribution is 2.36. The second-order valence-corrected chi connectivity index (χ2v) is 12.2. The summed E-state index contributed by atoms with van der Waals surface area (Å²) in [6.07, 6.45) is 1.27. The molecule has 0 radical (unpaired) electrons. The third-order valence-electron chi connectivity index (χ3n) is 4.25. The van der Waals surface area contributed by atoms with Gasteiger partial charge >= 0.3 is 0 Å². The number of hydrogen-bond acceptors (Lipinski definition) is 4. The van der Waals surface area contributed by atoms with Crippen molar-refractivity contribution in [1.29, 1.82) is 0 Å². The lowest BCUT2D eigenvalue weighted by molar-refractivity contribution is 0.0334. The fourth-order valence-corrected chi connectivity index (χ4v) is 2.86. The summed E-state index contributed by atoms with van der Waals surface area (Å²) in [6.45, 7) is 15.0. The first-order valence-electron chi connectivity index (χ1n) is 7.78. The standard InChI is InChI=1S/C16H34O4Si/c1-7-8-13(17)11-15(19)12-14(18)9-10-20-21(5,6)16(2,3)4/h7,13-15,17-19H,1,8-12H2,2-6H3/t13-,14+,15-/m0/s1. The molecule has 0 aromatic carbocycles. The summed E-state index contributed by atoms with van der Waals surface area (Å²) >= 11 is 0. The fraction of sp³-hybridized carbons (Fsp3) is 0.875. The Hall–Kier alpha value is -0.203. The van der Waals surface area contributed by atoms with Crippen molar-refractivity contribution >= 4 is 8.32 Å². The number of aliphatic hydroxyl groups is 3. The lowest BCUT2D eigenvalue weighted by Gasteiger charge is -2.36. The van der Waals surface area contributed by atoms with Crippen LogP contribution in [0, 0.1) is 0 Å². The molecule has 0 fully saturated rings. The van der Waals surface area contributed by atoms with Gasteiger partial charge in [-0.05, 0) is 43.8 Å². The van der Waals surface area contributed by atoms with E-state index in [9.17, 15) is 15.3 Å². The average molecular weight is 319 g/mol. The Bertz CT molecular complexity index is 299. The summed E-state index contributed by atoms with van der Waals surface area (Å²) < 4.78 is 6.00. The molecule has 0 aliphatic carbocycles. The zero-order chi connectivity index (χ0) is 16.7. The van der Waals surface area contributed by atoms with Crippen molar-refractivity contribution in [3.05, 3.63) is 12.7 Å². The molecular formula is C16H34O4Si. The first-order chi connectivity index (χ1) is 9.49. The van der Waals surface area contributed by atoms with Crippen molar-refractivity contribution in [3.8, 4) is 0 Å². The van der Waals surface area contributed by atoms with Gasteiger partial charge in [0.05, 0.1) is 18.3 Å². The van der Waals surface area contributed by atoms with E-state index in [2.05, 4.69) is 40.4 Å². The number of rotatable bonds is 10. The maximum absolute atomic E-state index is 9.94. The van der Waals surface area contributed by atoms with Crippen LogP contribution >= 0.6 is 0 Å². The molecule has 0 aliphatic rings. The predicted octanol–water partition coefficient (Wildman–Crippen LogP) is 2.84. The first-order valence-corrected chi connectivity index (χ1v) is 10.7. The van der Waals surface area contributed by atoms with Crippen molar-refractivity contribution in [1.82, 2.24) is 0 Å². The van der Waals surface area contributed by atoms with E-state index < -0.39 is 26.6 Å². The molecule has 3 N–H and O–H groups in total. The molecule has 21 heavy (non-hydrogen) atoms. The highest BCUT2D eigenvalue weighted by molar-refractivity contribution is 6.74. The van der Waals surface area contributed by atoms with Crippen LogP contribution < -0.4 is 0 Å². The monoisotopic (exact) mass is 318 g/mol. The minimum absolute atomic E-state index is 0.159. The Labute approximate surface area is 131 Å². The van der Waals surface area contributed by atoms with Crippen LogP contribution in [0.3, 0.4) is 0 Å². The Morgan fingerprint density at radius 2 is 1.57 bits per heavy atom. The van der Waals surface area contributed by atoms with Gasteiger partial charge in [-0.25, -0.2) is 0 Å². The van der Waals surface area contributed by atoms with E-state index in [0.717, 1.165) is 0 Å². The number of aliphatic hydroxyl groups excluding tert-OH is 3. The molecule has 3 atom stereocenters. The lowest BCUT2D eigenvalue weighted by atomic mass is 10.0. The van der Waals surface area contributed by atoms with Gasteiger partial charge in [-0.3, -0.25) is 0 Å². The summed E-state index contributed by atoms with van der Waals surface area (Å²) in [6, 6.07) is 0. The molecule has 0 aliphatic heterocycles. The van der Waals surface area contributed by atoms with Crippen LogP contribution in [0.15, 0.2) is 12.7 Å². The van der Waals surface area contributed by atoms with E-state index in [4.69, 9.17) is 4.43 Å². The minimum atomic E-state index is -1.77. The molecule has 0 spiro atoms. The average Bonchev–Trinajstić information content (AvgIpc) is 2.26. The Morgan fingerprint density at radius 3 is 2.05 bits per heavy atom. The van der Waals surface area contributed by atoms with Crippen LogP contribution in [0.2, 0.25) is 18.1 Å².